The van der Waals surface area contributed by atoms with E-state index in [1.54, 1.807) is 49.4 Å². The number of azo groups is 2. The molecule has 0 amide bonds. The van der Waals surface area contributed by atoms with E-state index in [0.717, 1.165) is 17.2 Å². The lowest BCUT2D eigenvalue weighted by molar-refractivity contribution is -0.137. The lowest BCUT2D eigenvalue weighted by atomic mass is 10.1. The summed E-state index contributed by atoms with van der Waals surface area (Å²) in [4.78, 5) is 22.8. The highest BCUT2D eigenvalue weighted by Crippen LogP contribution is 2.27. The molecular formula is C28H26N4O4. The van der Waals surface area contributed by atoms with E-state index in [2.05, 4.69) is 33.6 Å². The molecule has 0 bridgehead atoms. The number of rotatable bonds is 10. The second-order valence-electron chi connectivity index (χ2n) is 7.83. The van der Waals surface area contributed by atoms with Crippen LogP contribution in [0.5, 0.6) is 5.75 Å². The molecule has 3 aromatic rings. The van der Waals surface area contributed by atoms with Crippen LogP contribution in [0, 0.1) is 6.92 Å². The summed E-state index contributed by atoms with van der Waals surface area (Å²) in [6.45, 7) is 10.6. The van der Waals surface area contributed by atoms with Crippen LogP contribution in [0.15, 0.2) is 112 Å². The lowest BCUT2D eigenvalue weighted by Gasteiger charge is -2.07. The maximum Gasteiger partial charge on any atom is 0.338 e. The Balaban J connectivity index is 1.59. The predicted molar refractivity (Wildman–Crippen MR) is 138 cm³/mol. The number of esters is 2. The van der Waals surface area contributed by atoms with Gasteiger partial charge in [0.1, 0.15) is 5.75 Å². The molecule has 8 heteroatoms. The third-order valence-electron chi connectivity index (χ3n) is 4.83. The number of hydrogen-bond acceptors (Lipinski definition) is 8. The number of hydrogen-bond donors (Lipinski definition) is 0. The van der Waals surface area contributed by atoms with Crippen molar-refractivity contribution in [2.24, 2.45) is 20.5 Å². The second kappa shape index (κ2) is 12.7. The minimum absolute atomic E-state index is 0.271. The molecule has 0 fully saturated rings. The lowest BCUT2D eigenvalue weighted by Crippen LogP contribution is -2.08. The zero-order chi connectivity index (χ0) is 25.9. The Morgan fingerprint density at radius 3 is 2.03 bits per heavy atom. The molecule has 0 radical (unpaired) electrons. The van der Waals surface area contributed by atoms with E-state index in [-0.39, 0.29) is 6.61 Å². The Bertz CT molecular complexity index is 1330. The molecule has 0 aliphatic carbocycles. The molecule has 0 heterocycles. The summed E-state index contributed by atoms with van der Waals surface area (Å²) in [6.07, 6.45) is 1.71. The van der Waals surface area contributed by atoms with Crippen LogP contribution in [0.2, 0.25) is 0 Å². The molecule has 0 unspecified atom stereocenters. The topological polar surface area (TPSA) is 102 Å². The molecule has 0 spiro atoms. The van der Waals surface area contributed by atoms with Crippen LogP contribution in [0.1, 0.15) is 18.1 Å². The molecule has 0 aliphatic heterocycles. The summed E-state index contributed by atoms with van der Waals surface area (Å²) in [5.41, 5.74) is 4.72. The van der Waals surface area contributed by atoms with Crippen LogP contribution in [0.3, 0.4) is 0 Å². The van der Waals surface area contributed by atoms with Crippen LogP contribution in [0.25, 0.3) is 0 Å². The summed E-state index contributed by atoms with van der Waals surface area (Å²) in [5.74, 6) is -0.453. The van der Waals surface area contributed by atoms with Crippen LogP contribution >= 0.6 is 0 Å². The fourth-order valence-electron chi connectivity index (χ4n) is 2.92. The molecule has 182 valence electrons. The molecule has 36 heavy (non-hydrogen) atoms. The van der Waals surface area contributed by atoms with Crippen LogP contribution in [-0.2, 0) is 20.7 Å². The second-order valence-corrected chi connectivity index (χ2v) is 7.83. The maximum atomic E-state index is 11.7. The van der Waals surface area contributed by atoms with Crippen LogP contribution in [0.4, 0.5) is 22.7 Å². The molecular weight excluding hydrogens is 456 g/mol. The fourth-order valence-corrected chi connectivity index (χ4v) is 2.92. The monoisotopic (exact) mass is 482 g/mol. The Kier molecular flexibility index (Phi) is 9.11. The molecule has 8 nitrogen and oxygen atoms in total. The minimum Gasteiger partial charge on any atom is -0.462 e. The number of nitrogens with zero attached hydrogens (tertiary/aromatic N) is 4. The third kappa shape index (κ3) is 7.95. The van der Waals surface area contributed by atoms with E-state index in [0.29, 0.717) is 40.5 Å². The van der Waals surface area contributed by atoms with Gasteiger partial charge in [-0.05, 0) is 79.6 Å². The van der Waals surface area contributed by atoms with Crippen molar-refractivity contribution >= 4 is 34.7 Å². The number of benzene rings is 3. The van der Waals surface area contributed by atoms with Crippen molar-refractivity contribution in [3.63, 3.8) is 0 Å². The van der Waals surface area contributed by atoms with E-state index in [1.165, 1.54) is 0 Å². The van der Waals surface area contributed by atoms with Gasteiger partial charge in [0, 0.05) is 18.1 Å². The summed E-state index contributed by atoms with van der Waals surface area (Å²) in [5, 5.41) is 17.0. The van der Waals surface area contributed by atoms with Crippen molar-refractivity contribution in [1.82, 2.24) is 0 Å². The first-order chi connectivity index (χ1) is 17.3. The van der Waals surface area contributed by atoms with E-state index in [1.807, 2.05) is 31.2 Å². The molecule has 0 aliphatic rings. The number of carbonyl (C=O) groups is 2. The quantitative estimate of drug-likeness (QED) is 0.129. The van der Waals surface area contributed by atoms with E-state index in [4.69, 9.17) is 9.47 Å². The highest BCUT2D eigenvalue weighted by atomic mass is 16.5. The van der Waals surface area contributed by atoms with Crippen LogP contribution < -0.4 is 4.74 Å². The maximum absolute atomic E-state index is 11.7. The summed E-state index contributed by atoms with van der Waals surface area (Å²) in [7, 11) is 0. The average molecular weight is 483 g/mol. The van der Waals surface area contributed by atoms with E-state index in [9.17, 15) is 9.59 Å². The van der Waals surface area contributed by atoms with Gasteiger partial charge < -0.3 is 9.47 Å². The first kappa shape index (κ1) is 25.9. The SMILES string of the molecule is C=CC(=O)OCCc1cccc(N=Nc2ccc(N=Nc3ccc(OC(=O)C(=C)C)c(C)c3)cc2)c1. The smallest absolute Gasteiger partial charge is 0.338 e. The number of aryl methyl sites for hydroxylation is 1. The van der Waals surface area contributed by atoms with Crippen molar-refractivity contribution in [2.75, 3.05) is 6.61 Å². The van der Waals surface area contributed by atoms with Crippen molar-refractivity contribution in [3.05, 3.63) is 103 Å². The van der Waals surface area contributed by atoms with Gasteiger partial charge in [0.15, 0.2) is 0 Å². The Morgan fingerprint density at radius 1 is 0.861 bits per heavy atom. The summed E-state index contributed by atoms with van der Waals surface area (Å²) in [6, 6.07) is 19.9. The zero-order valence-electron chi connectivity index (χ0n) is 20.2. The highest BCUT2D eigenvalue weighted by molar-refractivity contribution is 5.89. The van der Waals surface area contributed by atoms with Crippen molar-refractivity contribution < 1.29 is 19.1 Å². The van der Waals surface area contributed by atoms with Crippen LogP contribution in [-0.4, -0.2) is 18.5 Å². The third-order valence-corrected chi connectivity index (χ3v) is 4.83. The van der Waals surface area contributed by atoms with Crippen molar-refractivity contribution in [2.45, 2.75) is 20.3 Å². The molecule has 0 atom stereocenters. The first-order valence-electron chi connectivity index (χ1n) is 11.1. The van der Waals surface area contributed by atoms with Gasteiger partial charge >= 0.3 is 11.9 Å². The van der Waals surface area contributed by atoms with Gasteiger partial charge in [-0.2, -0.15) is 20.5 Å². The molecule has 3 rings (SSSR count). The highest BCUT2D eigenvalue weighted by Gasteiger charge is 2.08. The van der Waals surface area contributed by atoms with Gasteiger partial charge in [-0.1, -0.05) is 25.3 Å². The zero-order valence-corrected chi connectivity index (χ0v) is 20.2. The Morgan fingerprint density at radius 2 is 1.44 bits per heavy atom. The number of ether oxygens (including phenoxy) is 2. The van der Waals surface area contributed by atoms with E-state index >= 15 is 0 Å². The van der Waals surface area contributed by atoms with Crippen molar-refractivity contribution in [1.29, 1.82) is 0 Å². The Labute approximate surface area is 209 Å². The van der Waals surface area contributed by atoms with Gasteiger partial charge in [0.25, 0.3) is 0 Å². The minimum atomic E-state index is -0.469. The largest absolute Gasteiger partial charge is 0.462 e. The fraction of sp³-hybridized carbons (Fsp3) is 0.143. The normalized spacial score (nSPS) is 10.9. The molecule has 0 N–H and O–H groups in total. The Hall–Kier alpha value is -4.72. The van der Waals surface area contributed by atoms with Gasteiger partial charge in [0.2, 0.25) is 0 Å². The number of carbonyl (C=O) groups excluding carboxylic acids is 2. The molecule has 0 saturated carbocycles. The van der Waals surface area contributed by atoms with Gasteiger partial charge in [0.05, 0.1) is 29.4 Å². The molecule has 0 aromatic heterocycles. The standard InChI is InChI=1S/C28H26N4O4/c1-5-27(33)35-16-15-21-7-6-8-24(18-21)31-29-22-9-11-23(12-10-22)30-32-25-13-14-26(20(4)17-25)36-28(34)19(2)3/h5-14,17-18H,1-2,15-16H2,3-4H3. The van der Waals surface area contributed by atoms with Gasteiger partial charge in [-0.15, -0.1) is 0 Å². The summed E-state index contributed by atoms with van der Waals surface area (Å²) >= 11 is 0. The van der Waals surface area contributed by atoms with Crippen molar-refractivity contribution in [3.8, 4) is 5.75 Å². The van der Waals surface area contributed by atoms with Gasteiger partial charge in [-0.3, -0.25) is 0 Å². The average Bonchev–Trinajstić information content (AvgIpc) is 2.88. The predicted octanol–water partition coefficient (Wildman–Crippen LogP) is 7.58. The molecule has 3 aromatic carbocycles. The van der Waals surface area contributed by atoms with E-state index < -0.39 is 11.9 Å². The molecule has 0 saturated heterocycles. The summed E-state index contributed by atoms with van der Waals surface area (Å²) < 4.78 is 10.3. The van der Waals surface area contributed by atoms with Gasteiger partial charge in [-0.25, -0.2) is 9.59 Å². The first-order valence-corrected chi connectivity index (χ1v) is 11.1.